The van der Waals surface area contributed by atoms with Crippen LogP contribution in [0, 0.1) is 5.92 Å². The first-order valence-corrected chi connectivity index (χ1v) is 6.52. The van der Waals surface area contributed by atoms with Crippen LogP contribution in [0.4, 0.5) is 0 Å². The summed E-state index contributed by atoms with van der Waals surface area (Å²) in [6.45, 7) is 4.02. The molecule has 1 aromatic rings. The van der Waals surface area contributed by atoms with E-state index in [2.05, 4.69) is 19.1 Å². The fourth-order valence-corrected chi connectivity index (χ4v) is 3.27. The number of ether oxygens (including phenoxy) is 1. The minimum Gasteiger partial charge on any atom is -0.461 e. The zero-order valence-electron chi connectivity index (χ0n) is 9.55. The molecule has 1 aromatic carbocycles. The molecule has 0 aliphatic carbocycles. The molecule has 16 heavy (non-hydrogen) atoms. The number of hydrogen-bond acceptors (Lipinski definition) is 3. The topological polar surface area (TPSA) is 26.3 Å². The standard InChI is InChI=1S/C13H16O2S/c1-3-11-12(9(2)13(14)15-11)16-10-7-5-4-6-8-10/h4-9,11-12H,3H2,1-2H3/t9-,11+,12-/m1/s1. The van der Waals surface area contributed by atoms with Gasteiger partial charge in [0.05, 0.1) is 11.2 Å². The number of thioether (sulfide) groups is 1. The van der Waals surface area contributed by atoms with Gasteiger partial charge in [0, 0.05) is 4.90 Å². The predicted octanol–water partition coefficient (Wildman–Crippen LogP) is 3.12. The summed E-state index contributed by atoms with van der Waals surface area (Å²) in [6.07, 6.45) is 0.952. The van der Waals surface area contributed by atoms with Gasteiger partial charge in [0.15, 0.2) is 0 Å². The van der Waals surface area contributed by atoms with E-state index in [-0.39, 0.29) is 23.2 Å². The van der Waals surface area contributed by atoms with Crippen LogP contribution in [0.1, 0.15) is 20.3 Å². The molecule has 3 atom stereocenters. The third kappa shape index (κ3) is 2.24. The Bertz CT molecular complexity index is 363. The molecule has 0 bridgehead atoms. The summed E-state index contributed by atoms with van der Waals surface area (Å²) in [4.78, 5) is 12.7. The summed E-state index contributed by atoms with van der Waals surface area (Å²) in [7, 11) is 0. The van der Waals surface area contributed by atoms with Crippen LogP contribution in [0.2, 0.25) is 0 Å². The highest BCUT2D eigenvalue weighted by molar-refractivity contribution is 8.00. The van der Waals surface area contributed by atoms with Crippen molar-refractivity contribution in [1.29, 1.82) is 0 Å². The maximum atomic E-state index is 11.5. The van der Waals surface area contributed by atoms with E-state index in [0.717, 1.165) is 6.42 Å². The van der Waals surface area contributed by atoms with Gasteiger partial charge >= 0.3 is 5.97 Å². The van der Waals surface area contributed by atoms with Crippen LogP contribution >= 0.6 is 11.8 Å². The SMILES string of the molecule is CC[C@@H]1OC(=O)[C@H](C)[C@H]1Sc1ccccc1. The zero-order valence-corrected chi connectivity index (χ0v) is 10.4. The van der Waals surface area contributed by atoms with E-state index in [1.807, 2.05) is 25.1 Å². The fourth-order valence-electron chi connectivity index (χ4n) is 1.93. The van der Waals surface area contributed by atoms with Gasteiger partial charge < -0.3 is 4.74 Å². The van der Waals surface area contributed by atoms with Crippen molar-refractivity contribution in [3.8, 4) is 0 Å². The molecule has 0 amide bonds. The van der Waals surface area contributed by atoms with Gasteiger partial charge in [0.2, 0.25) is 0 Å². The van der Waals surface area contributed by atoms with Gasteiger partial charge in [0.25, 0.3) is 0 Å². The van der Waals surface area contributed by atoms with E-state index >= 15 is 0 Å². The molecule has 1 fully saturated rings. The molecule has 1 aliphatic rings. The lowest BCUT2D eigenvalue weighted by Gasteiger charge is -2.17. The van der Waals surface area contributed by atoms with Crippen molar-refractivity contribution in [2.24, 2.45) is 5.92 Å². The van der Waals surface area contributed by atoms with Crippen LogP contribution in [0.3, 0.4) is 0 Å². The Kier molecular flexibility index (Phi) is 3.54. The molecule has 1 aliphatic heterocycles. The van der Waals surface area contributed by atoms with Crippen LogP contribution in [-0.4, -0.2) is 17.3 Å². The van der Waals surface area contributed by atoms with Crippen LogP contribution < -0.4 is 0 Å². The second-order valence-corrected chi connectivity index (χ2v) is 5.32. The van der Waals surface area contributed by atoms with E-state index in [1.165, 1.54) is 4.90 Å². The van der Waals surface area contributed by atoms with E-state index in [1.54, 1.807) is 11.8 Å². The summed E-state index contributed by atoms with van der Waals surface area (Å²) in [5.41, 5.74) is 0. The number of benzene rings is 1. The average molecular weight is 236 g/mol. The summed E-state index contributed by atoms with van der Waals surface area (Å²) < 4.78 is 5.35. The van der Waals surface area contributed by atoms with Crippen LogP contribution in [0.15, 0.2) is 35.2 Å². The Morgan fingerprint density at radius 1 is 1.31 bits per heavy atom. The number of carbonyl (C=O) groups is 1. The summed E-state index contributed by atoms with van der Waals surface area (Å²) in [5, 5.41) is 0.250. The predicted molar refractivity (Wildman–Crippen MR) is 65.4 cm³/mol. The number of hydrogen-bond donors (Lipinski definition) is 0. The lowest BCUT2D eigenvalue weighted by atomic mass is 10.1. The summed E-state index contributed by atoms with van der Waals surface area (Å²) in [6, 6.07) is 10.2. The third-order valence-corrected chi connectivity index (χ3v) is 4.44. The van der Waals surface area contributed by atoms with Crippen LogP contribution in [0.5, 0.6) is 0 Å². The molecule has 3 heteroatoms. The molecule has 1 saturated heterocycles. The Hall–Kier alpha value is -0.960. The monoisotopic (exact) mass is 236 g/mol. The largest absolute Gasteiger partial charge is 0.461 e. The maximum Gasteiger partial charge on any atom is 0.310 e. The van der Waals surface area contributed by atoms with E-state index in [9.17, 15) is 4.79 Å². The van der Waals surface area contributed by atoms with Gasteiger partial charge in [-0.15, -0.1) is 11.8 Å². The Morgan fingerprint density at radius 3 is 2.62 bits per heavy atom. The lowest BCUT2D eigenvalue weighted by molar-refractivity contribution is -0.143. The number of rotatable bonds is 3. The molecular weight excluding hydrogens is 220 g/mol. The van der Waals surface area contributed by atoms with Gasteiger partial charge in [-0.25, -0.2) is 0 Å². The zero-order chi connectivity index (χ0) is 11.5. The highest BCUT2D eigenvalue weighted by Gasteiger charge is 2.41. The molecular formula is C13H16O2S. The van der Waals surface area contributed by atoms with Crippen molar-refractivity contribution in [2.75, 3.05) is 0 Å². The first-order chi connectivity index (χ1) is 7.72. The van der Waals surface area contributed by atoms with Crippen molar-refractivity contribution in [2.45, 2.75) is 36.5 Å². The minimum absolute atomic E-state index is 0.00449. The second-order valence-electron chi connectivity index (χ2n) is 4.07. The molecule has 86 valence electrons. The van der Waals surface area contributed by atoms with Crippen LogP contribution in [0.25, 0.3) is 0 Å². The maximum absolute atomic E-state index is 11.5. The van der Waals surface area contributed by atoms with Gasteiger partial charge in [-0.1, -0.05) is 32.0 Å². The highest BCUT2D eigenvalue weighted by Crippen LogP contribution is 2.37. The van der Waals surface area contributed by atoms with Crippen molar-refractivity contribution in [3.05, 3.63) is 30.3 Å². The Morgan fingerprint density at radius 2 is 2.00 bits per heavy atom. The van der Waals surface area contributed by atoms with Gasteiger partial charge in [-0.05, 0) is 18.6 Å². The van der Waals surface area contributed by atoms with Crippen molar-refractivity contribution in [3.63, 3.8) is 0 Å². The first-order valence-electron chi connectivity index (χ1n) is 5.64. The number of carbonyl (C=O) groups excluding carboxylic acids is 1. The Labute approximate surface area is 100 Å². The van der Waals surface area contributed by atoms with E-state index in [0.29, 0.717) is 0 Å². The van der Waals surface area contributed by atoms with Crippen LogP contribution in [-0.2, 0) is 9.53 Å². The minimum atomic E-state index is -0.0553. The van der Waals surface area contributed by atoms with E-state index < -0.39 is 0 Å². The van der Waals surface area contributed by atoms with Crippen molar-refractivity contribution < 1.29 is 9.53 Å². The molecule has 0 spiro atoms. The Balaban J connectivity index is 2.11. The normalized spacial score (nSPS) is 29.1. The van der Waals surface area contributed by atoms with Gasteiger partial charge in [-0.3, -0.25) is 4.79 Å². The quantitative estimate of drug-likeness (QED) is 0.754. The molecule has 0 unspecified atom stereocenters. The fraction of sp³-hybridized carbons (Fsp3) is 0.462. The molecule has 0 N–H and O–H groups in total. The lowest BCUT2D eigenvalue weighted by Crippen LogP contribution is -2.21. The molecule has 1 heterocycles. The van der Waals surface area contributed by atoms with Crippen molar-refractivity contribution in [1.82, 2.24) is 0 Å². The van der Waals surface area contributed by atoms with E-state index in [4.69, 9.17) is 4.74 Å². The summed E-state index contributed by atoms with van der Waals surface area (Å²) >= 11 is 1.75. The third-order valence-electron chi connectivity index (χ3n) is 2.92. The second kappa shape index (κ2) is 4.91. The number of cyclic esters (lactones) is 1. The molecule has 2 rings (SSSR count). The molecule has 0 saturated carbocycles. The van der Waals surface area contributed by atoms with Crippen molar-refractivity contribution >= 4 is 17.7 Å². The molecule has 0 radical (unpaired) electrons. The summed E-state index contributed by atoms with van der Waals surface area (Å²) in [5.74, 6) is -0.0598. The first kappa shape index (κ1) is 11.5. The molecule has 2 nitrogen and oxygen atoms in total. The number of esters is 1. The van der Waals surface area contributed by atoms with Gasteiger partial charge in [0.1, 0.15) is 6.10 Å². The van der Waals surface area contributed by atoms with Gasteiger partial charge in [-0.2, -0.15) is 0 Å². The highest BCUT2D eigenvalue weighted by atomic mass is 32.2. The smallest absolute Gasteiger partial charge is 0.310 e. The molecule has 0 aromatic heterocycles. The average Bonchev–Trinajstić information content (AvgIpc) is 2.58.